The van der Waals surface area contributed by atoms with Crippen molar-refractivity contribution in [3.05, 3.63) is 106 Å². The fourth-order valence-electron chi connectivity index (χ4n) is 4.14. The van der Waals surface area contributed by atoms with Crippen molar-refractivity contribution in [2.45, 2.75) is 42.5 Å². The van der Waals surface area contributed by atoms with E-state index in [0.29, 0.717) is 22.7 Å². The normalized spacial score (nSPS) is 11.9. The Hall–Kier alpha value is -3.95. The van der Waals surface area contributed by atoms with Gasteiger partial charge in [0.15, 0.2) is 5.65 Å². The molecule has 0 fully saturated rings. The smallest absolute Gasteiger partial charge is 0.251 e. The van der Waals surface area contributed by atoms with E-state index >= 15 is 0 Å². The Morgan fingerprint density at radius 2 is 1.68 bits per heavy atom. The van der Waals surface area contributed by atoms with E-state index in [1.54, 1.807) is 11.8 Å². The number of amides is 1. The summed E-state index contributed by atoms with van der Waals surface area (Å²) in [6.45, 7) is 6.17. The van der Waals surface area contributed by atoms with Crippen molar-refractivity contribution in [3.8, 4) is 0 Å². The zero-order chi connectivity index (χ0) is 28.2. The van der Waals surface area contributed by atoms with Crippen molar-refractivity contribution in [1.29, 1.82) is 0 Å². The van der Waals surface area contributed by atoms with Crippen LogP contribution >= 0.6 is 27.7 Å². The maximum absolute atomic E-state index is 13.3. The van der Waals surface area contributed by atoms with Crippen LogP contribution in [-0.4, -0.2) is 20.9 Å². The molecule has 0 bridgehead atoms. The summed E-state index contributed by atoms with van der Waals surface area (Å²) in [5, 5.41) is 7.37. The zero-order valence-electron chi connectivity index (χ0n) is 22.4. The Morgan fingerprint density at radius 3 is 2.40 bits per heavy atom. The van der Waals surface area contributed by atoms with E-state index in [0.717, 1.165) is 36.6 Å². The molecule has 202 valence electrons. The number of carbonyl (C=O) groups is 1. The predicted octanol–water partition coefficient (Wildman–Crippen LogP) is 7.88. The summed E-state index contributed by atoms with van der Waals surface area (Å²) in [5.41, 5.74) is 10.5. The van der Waals surface area contributed by atoms with E-state index < -0.39 is 0 Å². The van der Waals surface area contributed by atoms with Crippen LogP contribution in [0.5, 0.6) is 0 Å². The summed E-state index contributed by atoms with van der Waals surface area (Å²) in [4.78, 5) is 28.9. The number of fused-ring (bicyclic) bond motifs is 1. The molecule has 40 heavy (non-hydrogen) atoms. The number of nitrogens with two attached hydrogens (primary N) is 1. The highest BCUT2D eigenvalue weighted by Gasteiger charge is 2.16. The fourth-order valence-corrected chi connectivity index (χ4v) is 5.29. The van der Waals surface area contributed by atoms with Gasteiger partial charge in [0.1, 0.15) is 12.1 Å². The fraction of sp³-hybridized carbons (Fsp3) is 0.161. The summed E-state index contributed by atoms with van der Waals surface area (Å²) in [7, 11) is 0. The van der Waals surface area contributed by atoms with Crippen LogP contribution in [0, 0.1) is 0 Å². The third-order valence-corrected chi connectivity index (χ3v) is 8.04. The molecule has 9 heteroatoms. The quantitative estimate of drug-likeness (QED) is 0.153. The highest BCUT2D eigenvalue weighted by molar-refractivity contribution is 9.10. The molecule has 0 saturated carbocycles. The lowest BCUT2D eigenvalue weighted by atomic mass is 10.1. The first kappa shape index (κ1) is 27.6. The van der Waals surface area contributed by atoms with Crippen LogP contribution in [0.15, 0.2) is 99.5 Å². The molecular formula is C31H29BrN6OS. The third kappa shape index (κ3) is 6.43. The molecule has 2 aromatic heterocycles. The van der Waals surface area contributed by atoms with E-state index in [9.17, 15) is 4.79 Å². The molecule has 0 aliphatic rings. The van der Waals surface area contributed by atoms with E-state index in [4.69, 9.17) is 10.7 Å². The molecule has 5 rings (SSSR count). The molecule has 7 nitrogen and oxygen atoms in total. The molecule has 0 unspecified atom stereocenters. The summed E-state index contributed by atoms with van der Waals surface area (Å²) in [6, 6.07) is 25.1. The highest BCUT2D eigenvalue weighted by Crippen LogP contribution is 2.37. The van der Waals surface area contributed by atoms with Gasteiger partial charge in [-0.3, -0.25) is 4.79 Å². The monoisotopic (exact) mass is 612 g/mol. The van der Waals surface area contributed by atoms with Gasteiger partial charge >= 0.3 is 0 Å². The number of nitrogens with zero attached hydrogens (tertiary/aromatic N) is 3. The van der Waals surface area contributed by atoms with Crippen LogP contribution in [0.1, 0.15) is 54.3 Å². The van der Waals surface area contributed by atoms with Gasteiger partial charge in [-0.2, -0.15) is 0 Å². The minimum absolute atomic E-state index is 0.159. The number of carbonyl (C=O) groups excluding carboxylic acids is 1. The molecule has 0 aliphatic heterocycles. The summed E-state index contributed by atoms with van der Waals surface area (Å²) in [6.07, 6.45) is 1.50. The number of pyridine rings is 1. The van der Waals surface area contributed by atoms with E-state index in [1.165, 1.54) is 6.33 Å². The molecule has 1 atom stereocenters. The van der Waals surface area contributed by atoms with Gasteiger partial charge in [0.25, 0.3) is 5.91 Å². The van der Waals surface area contributed by atoms with Gasteiger partial charge in [-0.15, -0.1) is 0 Å². The first-order valence-corrected chi connectivity index (χ1v) is 14.5. The largest absolute Gasteiger partial charge is 0.399 e. The van der Waals surface area contributed by atoms with Crippen molar-refractivity contribution in [1.82, 2.24) is 20.3 Å². The van der Waals surface area contributed by atoms with Crippen LogP contribution in [0.3, 0.4) is 0 Å². The van der Waals surface area contributed by atoms with Crippen molar-refractivity contribution >= 4 is 61.8 Å². The molecular weight excluding hydrogens is 584 g/mol. The molecule has 2 heterocycles. The zero-order valence-corrected chi connectivity index (χ0v) is 24.8. The predicted molar refractivity (Wildman–Crippen MR) is 166 cm³/mol. The SMILES string of the molecule is CC(C)c1ccc2c(Nc3cc(C(=O)N[C@@H](C)c4ccc(Br)cc4)ccc3Sc3ccc(N)cc3)ncnc2n1. The van der Waals surface area contributed by atoms with Gasteiger partial charge in [0.2, 0.25) is 0 Å². The second-order valence-electron chi connectivity index (χ2n) is 9.74. The third-order valence-electron chi connectivity index (χ3n) is 6.43. The van der Waals surface area contributed by atoms with Crippen LogP contribution in [0.2, 0.25) is 0 Å². The summed E-state index contributed by atoms with van der Waals surface area (Å²) in [5.74, 6) is 0.736. The maximum atomic E-state index is 13.3. The molecule has 0 aliphatic carbocycles. The van der Waals surface area contributed by atoms with E-state index in [-0.39, 0.29) is 17.9 Å². The van der Waals surface area contributed by atoms with E-state index in [1.807, 2.05) is 85.8 Å². The summed E-state index contributed by atoms with van der Waals surface area (Å²) < 4.78 is 0.993. The highest BCUT2D eigenvalue weighted by atomic mass is 79.9. The number of hydrogen-bond acceptors (Lipinski definition) is 7. The second-order valence-corrected chi connectivity index (χ2v) is 11.8. The topological polar surface area (TPSA) is 106 Å². The van der Waals surface area contributed by atoms with Crippen molar-refractivity contribution in [2.24, 2.45) is 0 Å². The maximum Gasteiger partial charge on any atom is 0.251 e. The lowest BCUT2D eigenvalue weighted by Gasteiger charge is -2.17. The molecule has 0 spiro atoms. The molecule has 3 aromatic carbocycles. The Morgan fingerprint density at radius 1 is 0.925 bits per heavy atom. The van der Waals surface area contributed by atoms with Gasteiger partial charge in [-0.25, -0.2) is 15.0 Å². The standard InChI is InChI=1S/C31H29BrN6OS/c1-18(2)26-14-13-25-29(37-26)34-17-35-30(25)38-27-16-21(6-15-28(27)40-24-11-9-23(33)10-12-24)31(39)36-19(3)20-4-7-22(32)8-5-20/h4-19H,33H2,1-3H3,(H,36,39)(H,34,35,37,38)/t19-/m0/s1. The average Bonchev–Trinajstić information content (AvgIpc) is 2.95. The van der Waals surface area contributed by atoms with Crippen molar-refractivity contribution in [2.75, 3.05) is 11.1 Å². The number of rotatable bonds is 8. The summed E-state index contributed by atoms with van der Waals surface area (Å²) >= 11 is 5.03. The minimum Gasteiger partial charge on any atom is -0.399 e. The van der Waals surface area contributed by atoms with Gasteiger partial charge in [0, 0.05) is 31.2 Å². The number of halogens is 1. The molecule has 1 amide bonds. The number of anilines is 3. The molecule has 0 radical (unpaired) electrons. The molecule has 0 saturated heterocycles. The van der Waals surface area contributed by atoms with Crippen LogP contribution in [0.25, 0.3) is 11.0 Å². The van der Waals surface area contributed by atoms with Crippen molar-refractivity contribution < 1.29 is 4.79 Å². The average molecular weight is 614 g/mol. The number of nitrogens with one attached hydrogen (secondary N) is 2. The van der Waals surface area contributed by atoms with E-state index in [2.05, 4.69) is 50.4 Å². The second kappa shape index (κ2) is 12.1. The Kier molecular flexibility index (Phi) is 8.32. The van der Waals surface area contributed by atoms with Gasteiger partial charge in [0.05, 0.1) is 17.1 Å². The number of aromatic nitrogens is 3. The van der Waals surface area contributed by atoms with Crippen molar-refractivity contribution in [3.63, 3.8) is 0 Å². The number of benzene rings is 3. The van der Waals surface area contributed by atoms with Gasteiger partial charge < -0.3 is 16.4 Å². The van der Waals surface area contributed by atoms with Gasteiger partial charge in [-0.1, -0.05) is 53.7 Å². The Labute approximate surface area is 246 Å². The molecule has 5 aromatic rings. The Balaban J connectivity index is 1.48. The Bertz CT molecular complexity index is 1660. The first-order valence-electron chi connectivity index (χ1n) is 12.9. The number of nitrogen functional groups attached to an aromatic ring is 1. The van der Waals surface area contributed by atoms with Crippen LogP contribution in [-0.2, 0) is 0 Å². The van der Waals surface area contributed by atoms with Crippen LogP contribution < -0.4 is 16.4 Å². The lowest BCUT2D eigenvalue weighted by Crippen LogP contribution is -2.26. The van der Waals surface area contributed by atoms with Gasteiger partial charge in [-0.05, 0) is 85.1 Å². The van der Waals surface area contributed by atoms with Crippen LogP contribution in [0.4, 0.5) is 17.2 Å². The number of hydrogen-bond donors (Lipinski definition) is 3. The lowest BCUT2D eigenvalue weighted by molar-refractivity contribution is 0.0940. The first-order chi connectivity index (χ1) is 19.3. The minimum atomic E-state index is -0.168. The molecule has 4 N–H and O–H groups in total.